The third-order valence-corrected chi connectivity index (χ3v) is 4.89. The number of benzene rings is 1. The van der Waals surface area contributed by atoms with Gasteiger partial charge in [0.1, 0.15) is 11.3 Å². The van der Waals surface area contributed by atoms with Crippen LogP contribution in [0.4, 0.5) is 13.2 Å². The van der Waals surface area contributed by atoms with E-state index in [1.165, 1.54) is 31.2 Å². The van der Waals surface area contributed by atoms with E-state index in [-0.39, 0.29) is 29.0 Å². The van der Waals surface area contributed by atoms with E-state index in [0.29, 0.717) is 10.6 Å². The number of alkyl halides is 3. The normalized spacial score (nSPS) is 14.1. The van der Waals surface area contributed by atoms with E-state index in [9.17, 15) is 28.2 Å². The molecule has 3 aromatic rings. The molecule has 162 valence electrons. The number of aliphatic hydroxyl groups is 2. The van der Waals surface area contributed by atoms with Gasteiger partial charge in [-0.3, -0.25) is 14.2 Å². The number of rotatable bonds is 6. The molecule has 0 saturated heterocycles. The van der Waals surface area contributed by atoms with Crippen molar-refractivity contribution in [3.63, 3.8) is 0 Å². The summed E-state index contributed by atoms with van der Waals surface area (Å²) in [5.74, 6) is 0.241. The molecule has 0 aliphatic heterocycles. The zero-order chi connectivity index (χ0) is 22.2. The molecule has 0 radical (unpaired) electrons. The number of nitrogens with one attached hydrogen (secondary N) is 1. The zero-order valence-corrected chi connectivity index (χ0v) is 16.9. The Kier molecular flexibility index (Phi) is 6.27. The van der Waals surface area contributed by atoms with Crippen LogP contribution in [0.1, 0.15) is 24.7 Å². The average molecular weight is 466 g/mol. The summed E-state index contributed by atoms with van der Waals surface area (Å²) in [6.45, 7) is 0.133. The van der Waals surface area contributed by atoms with Crippen molar-refractivity contribution in [1.82, 2.24) is 24.3 Å². The summed E-state index contributed by atoms with van der Waals surface area (Å²) in [6, 6.07) is 5.96. The summed E-state index contributed by atoms with van der Waals surface area (Å²) < 4.78 is 40.5. The number of halogens is 5. The van der Waals surface area contributed by atoms with E-state index in [0.717, 1.165) is 9.13 Å². The molecule has 0 amide bonds. The molecule has 13 heteroatoms. The standard InChI is InChI=1S/C17H16Cl2F3N5O3/c1-8(28)15-23-12(24-25-15)7-27-14(19)13(9-2-4-10(18)5-3-9)26(16(27)30)6-11(29)17(20,21)22/h2-5,8,11,28-29H,6-7H2,1H3,(H,23,24,25)/t8-,11-/m0/s1. The maximum absolute atomic E-state index is 12.9. The molecule has 0 unspecified atom stereocenters. The summed E-state index contributed by atoms with van der Waals surface area (Å²) in [6.07, 6.45) is -8.64. The third-order valence-electron chi connectivity index (χ3n) is 4.26. The van der Waals surface area contributed by atoms with Gasteiger partial charge in [0.2, 0.25) is 0 Å². The van der Waals surface area contributed by atoms with Crippen LogP contribution >= 0.6 is 23.2 Å². The van der Waals surface area contributed by atoms with E-state index in [1.807, 2.05) is 0 Å². The van der Waals surface area contributed by atoms with E-state index in [2.05, 4.69) is 15.2 Å². The molecule has 2 atom stereocenters. The Labute approximate surface area is 177 Å². The number of imidazole rings is 1. The molecule has 0 spiro atoms. The Morgan fingerprint density at radius 3 is 2.33 bits per heavy atom. The van der Waals surface area contributed by atoms with Gasteiger partial charge in [0.15, 0.2) is 17.8 Å². The van der Waals surface area contributed by atoms with Crippen LogP contribution in [0, 0.1) is 0 Å². The van der Waals surface area contributed by atoms with Crippen molar-refractivity contribution in [2.75, 3.05) is 0 Å². The van der Waals surface area contributed by atoms with Crippen molar-refractivity contribution in [2.24, 2.45) is 0 Å². The fourth-order valence-corrected chi connectivity index (χ4v) is 3.21. The molecule has 3 N–H and O–H groups in total. The second-order valence-corrected chi connectivity index (χ2v) is 7.29. The molecule has 0 fully saturated rings. The van der Waals surface area contributed by atoms with Crippen molar-refractivity contribution >= 4 is 23.2 Å². The molecular formula is C17H16Cl2F3N5O3. The molecule has 2 heterocycles. The highest BCUT2D eigenvalue weighted by Gasteiger charge is 2.39. The minimum Gasteiger partial charge on any atom is -0.385 e. The van der Waals surface area contributed by atoms with Gasteiger partial charge in [0.05, 0.1) is 18.8 Å². The smallest absolute Gasteiger partial charge is 0.385 e. The van der Waals surface area contributed by atoms with Gasteiger partial charge in [-0.05, 0) is 19.1 Å². The number of nitrogens with zero attached hydrogens (tertiary/aromatic N) is 4. The second-order valence-electron chi connectivity index (χ2n) is 6.50. The fourth-order valence-electron chi connectivity index (χ4n) is 2.74. The molecule has 0 aliphatic rings. The highest BCUT2D eigenvalue weighted by molar-refractivity contribution is 6.32. The summed E-state index contributed by atoms with van der Waals surface area (Å²) in [5.41, 5.74) is -0.584. The largest absolute Gasteiger partial charge is 0.416 e. The number of aliphatic hydroxyl groups excluding tert-OH is 2. The van der Waals surface area contributed by atoms with Gasteiger partial charge in [0.25, 0.3) is 0 Å². The van der Waals surface area contributed by atoms with E-state index >= 15 is 0 Å². The number of hydrogen-bond acceptors (Lipinski definition) is 5. The second kappa shape index (κ2) is 8.42. The summed E-state index contributed by atoms with van der Waals surface area (Å²) >= 11 is 12.2. The maximum atomic E-state index is 12.9. The van der Waals surface area contributed by atoms with E-state index < -0.39 is 30.6 Å². The lowest BCUT2D eigenvalue weighted by Gasteiger charge is -2.16. The molecule has 30 heavy (non-hydrogen) atoms. The predicted molar refractivity (Wildman–Crippen MR) is 102 cm³/mol. The molecule has 1 aromatic carbocycles. The van der Waals surface area contributed by atoms with Crippen molar-refractivity contribution in [2.45, 2.75) is 38.4 Å². The number of aromatic amines is 1. The topological polar surface area (TPSA) is 109 Å². The van der Waals surface area contributed by atoms with Crippen LogP contribution in [0.15, 0.2) is 29.1 Å². The lowest BCUT2D eigenvalue weighted by molar-refractivity contribution is -0.207. The molecule has 0 aliphatic carbocycles. The van der Waals surface area contributed by atoms with Gasteiger partial charge in [-0.15, -0.1) is 0 Å². The lowest BCUT2D eigenvalue weighted by atomic mass is 10.1. The first-order valence-corrected chi connectivity index (χ1v) is 9.33. The monoisotopic (exact) mass is 465 g/mol. The molecule has 8 nitrogen and oxygen atoms in total. The lowest BCUT2D eigenvalue weighted by Crippen LogP contribution is -2.37. The van der Waals surface area contributed by atoms with Gasteiger partial charge in [0, 0.05) is 10.6 Å². The third kappa shape index (κ3) is 4.53. The summed E-state index contributed by atoms with van der Waals surface area (Å²) in [4.78, 5) is 16.9. The van der Waals surface area contributed by atoms with Crippen molar-refractivity contribution in [3.8, 4) is 11.3 Å². The molecule has 2 aromatic heterocycles. The van der Waals surface area contributed by atoms with Crippen molar-refractivity contribution in [1.29, 1.82) is 0 Å². The first-order chi connectivity index (χ1) is 14.0. The van der Waals surface area contributed by atoms with E-state index in [1.54, 1.807) is 0 Å². The molecular weight excluding hydrogens is 450 g/mol. The SMILES string of the molecule is C[C@H](O)c1nc(Cn2c(Cl)c(-c3ccc(Cl)cc3)n(C[C@H](O)C(F)(F)F)c2=O)n[nH]1. The van der Waals surface area contributed by atoms with Gasteiger partial charge in [-0.2, -0.15) is 18.3 Å². The zero-order valence-electron chi connectivity index (χ0n) is 15.4. The van der Waals surface area contributed by atoms with Crippen molar-refractivity contribution in [3.05, 3.63) is 56.6 Å². The van der Waals surface area contributed by atoms with Crippen LogP contribution < -0.4 is 5.69 Å². The predicted octanol–water partition coefficient (Wildman–Crippen LogP) is 2.77. The van der Waals surface area contributed by atoms with Gasteiger partial charge >= 0.3 is 11.9 Å². The van der Waals surface area contributed by atoms with Crippen molar-refractivity contribution < 1.29 is 23.4 Å². The Morgan fingerprint density at radius 2 is 1.80 bits per heavy atom. The van der Waals surface area contributed by atoms with Gasteiger partial charge < -0.3 is 10.2 Å². The maximum Gasteiger partial charge on any atom is 0.416 e. The summed E-state index contributed by atoms with van der Waals surface area (Å²) in [7, 11) is 0. The molecule has 3 rings (SSSR count). The minimum absolute atomic E-state index is 0.0204. The van der Waals surface area contributed by atoms with Gasteiger partial charge in [-0.25, -0.2) is 9.78 Å². The number of H-pyrrole nitrogens is 1. The highest BCUT2D eigenvalue weighted by atomic mass is 35.5. The first-order valence-electron chi connectivity index (χ1n) is 8.57. The summed E-state index contributed by atoms with van der Waals surface area (Å²) in [5, 5.41) is 25.6. The van der Waals surface area contributed by atoms with Crippen LogP contribution in [0.2, 0.25) is 10.2 Å². The Hall–Kier alpha value is -2.34. The first kappa shape index (κ1) is 22.3. The molecule has 0 bridgehead atoms. The quantitative estimate of drug-likeness (QED) is 0.518. The van der Waals surface area contributed by atoms with E-state index in [4.69, 9.17) is 23.2 Å². The Balaban J connectivity index is 2.10. The fraction of sp³-hybridized carbons (Fsp3) is 0.353. The Morgan fingerprint density at radius 1 is 1.17 bits per heavy atom. The van der Waals surface area contributed by atoms with Crippen LogP contribution in [-0.2, 0) is 13.1 Å². The van der Waals surface area contributed by atoms with Crippen LogP contribution in [0.5, 0.6) is 0 Å². The van der Waals surface area contributed by atoms with Crippen LogP contribution in [0.3, 0.4) is 0 Å². The number of aromatic nitrogens is 5. The highest BCUT2D eigenvalue weighted by Crippen LogP contribution is 2.30. The average Bonchev–Trinajstić information content (AvgIpc) is 3.22. The van der Waals surface area contributed by atoms with Crippen LogP contribution in [-0.4, -0.2) is 46.8 Å². The number of hydrogen-bond donors (Lipinski definition) is 3. The van der Waals surface area contributed by atoms with Crippen LogP contribution in [0.25, 0.3) is 11.3 Å². The van der Waals surface area contributed by atoms with Gasteiger partial charge in [-0.1, -0.05) is 35.3 Å². The Bertz CT molecular complexity index is 1090. The molecule has 0 saturated carbocycles. The minimum atomic E-state index is -4.93.